The molecule has 164 valence electrons. The minimum atomic E-state index is 0.782. The van der Waals surface area contributed by atoms with Crippen LogP contribution in [-0.2, 0) is 6.42 Å². The van der Waals surface area contributed by atoms with Crippen LogP contribution in [0.5, 0.6) is 5.75 Å². The molecule has 1 aromatic heterocycles. The molecule has 0 saturated heterocycles. The molecule has 0 atom stereocenters. The van der Waals surface area contributed by atoms with Gasteiger partial charge in [-0.3, -0.25) is 4.98 Å². The summed E-state index contributed by atoms with van der Waals surface area (Å²) in [7, 11) is 0. The number of nitrogens with zero attached hydrogens (tertiary/aromatic N) is 1. The minimum Gasteiger partial charge on any atom is -0.492 e. The summed E-state index contributed by atoms with van der Waals surface area (Å²) in [5.74, 6) is 4.97. The van der Waals surface area contributed by atoms with Crippen molar-refractivity contribution in [3.05, 3.63) is 24.0 Å². The summed E-state index contributed by atoms with van der Waals surface area (Å²) < 4.78 is 5.64. The van der Waals surface area contributed by atoms with E-state index in [0.29, 0.717) is 0 Å². The first-order chi connectivity index (χ1) is 14.3. The summed E-state index contributed by atoms with van der Waals surface area (Å²) in [6.07, 6.45) is 23.2. The molecule has 2 saturated carbocycles. The fourth-order valence-electron chi connectivity index (χ4n) is 5.71. The van der Waals surface area contributed by atoms with Gasteiger partial charge in [0.25, 0.3) is 0 Å². The monoisotopic (exact) mass is 399 g/mol. The summed E-state index contributed by atoms with van der Waals surface area (Å²) in [5.41, 5.74) is 1.23. The first kappa shape index (κ1) is 22.6. The van der Waals surface area contributed by atoms with Crippen LogP contribution in [-0.4, -0.2) is 11.6 Å². The van der Waals surface area contributed by atoms with Crippen LogP contribution in [0.15, 0.2) is 18.3 Å². The Morgan fingerprint density at radius 2 is 1.28 bits per heavy atom. The van der Waals surface area contributed by atoms with Crippen LogP contribution >= 0.6 is 0 Å². The highest BCUT2D eigenvalue weighted by molar-refractivity contribution is 5.19. The Kier molecular flexibility index (Phi) is 9.83. The van der Waals surface area contributed by atoms with Gasteiger partial charge < -0.3 is 4.74 Å². The predicted molar refractivity (Wildman–Crippen MR) is 123 cm³/mol. The van der Waals surface area contributed by atoms with Crippen molar-refractivity contribution in [2.24, 2.45) is 23.7 Å². The molecule has 2 heteroatoms. The van der Waals surface area contributed by atoms with Gasteiger partial charge in [-0.1, -0.05) is 90.9 Å². The zero-order valence-electron chi connectivity index (χ0n) is 19.2. The summed E-state index contributed by atoms with van der Waals surface area (Å²) >= 11 is 0. The first-order valence-electron chi connectivity index (χ1n) is 12.8. The molecular weight excluding hydrogens is 354 g/mol. The van der Waals surface area contributed by atoms with Crippen molar-refractivity contribution in [1.29, 1.82) is 0 Å². The third kappa shape index (κ3) is 7.95. The highest BCUT2D eigenvalue weighted by Gasteiger charge is 2.24. The maximum absolute atomic E-state index is 5.64. The van der Waals surface area contributed by atoms with Crippen molar-refractivity contribution in [2.45, 2.75) is 110 Å². The Morgan fingerprint density at radius 3 is 1.76 bits per heavy atom. The average Bonchev–Trinajstić information content (AvgIpc) is 2.77. The summed E-state index contributed by atoms with van der Waals surface area (Å²) in [5, 5.41) is 0. The topological polar surface area (TPSA) is 22.1 Å². The Bertz CT molecular complexity index is 538. The molecule has 1 aromatic rings. The number of ether oxygens (including phenoxy) is 1. The van der Waals surface area contributed by atoms with E-state index >= 15 is 0 Å². The fourth-order valence-corrected chi connectivity index (χ4v) is 5.71. The van der Waals surface area contributed by atoms with E-state index in [1.807, 2.05) is 6.20 Å². The quantitative estimate of drug-likeness (QED) is 0.376. The van der Waals surface area contributed by atoms with Gasteiger partial charge in [0.1, 0.15) is 5.75 Å². The smallest absolute Gasteiger partial charge is 0.137 e. The van der Waals surface area contributed by atoms with Gasteiger partial charge in [0, 0.05) is 5.69 Å². The predicted octanol–water partition coefficient (Wildman–Crippen LogP) is 8.00. The molecule has 2 aliphatic rings. The van der Waals surface area contributed by atoms with Crippen molar-refractivity contribution >= 4 is 0 Å². The molecule has 0 bridgehead atoms. The maximum Gasteiger partial charge on any atom is 0.137 e. The van der Waals surface area contributed by atoms with Crippen LogP contribution in [0, 0.1) is 23.7 Å². The number of aryl methyl sites for hydroxylation is 1. The van der Waals surface area contributed by atoms with Crippen molar-refractivity contribution < 1.29 is 4.74 Å². The molecule has 2 fully saturated rings. The third-order valence-electron chi connectivity index (χ3n) is 7.69. The van der Waals surface area contributed by atoms with Gasteiger partial charge in [0.2, 0.25) is 0 Å². The van der Waals surface area contributed by atoms with E-state index in [1.165, 1.54) is 89.2 Å². The summed E-state index contributed by atoms with van der Waals surface area (Å²) in [4.78, 5) is 4.60. The van der Waals surface area contributed by atoms with Gasteiger partial charge in [0.15, 0.2) is 0 Å². The summed E-state index contributed by atoms with van der Waals surface area (Å²) in [6, 6.07) is 4.25. The molecule has 3 rings (SSSR count). The van der Waals surface area contributed by atoms with Crippen molar-refractivity contribution in [1.82, 2.24) is 4.98 Å². The molecule has 0 aromatic carbocycles. The Labute approximate surface area is 180 Å². The Morgan fingerprint density at radius 1 is 0.724 bits per heavy atom. The summed E-state index contributed by atoms with van der Waals surface area (Å²) in [6.45, 7) is 5.26. The molecule has 0 amide bonds. The van der Waals surface area contributed by atoms with E-state index in [-0.39, 0.29) is 0 Å². The first-order valence-corrected chi connectivity index (χ1v) is 12.8. The molecular formula is C27H45NO. The van der Waals surface area contributed by atoms with Crippen molar-refractivity contribution in [3.8, 4) is 5.75 Å². The molecule has 1 heterocycles. The Hall–Kier alpha value is -1.05. The second-order valence-electron chi connectivity index (χ2n) is 10.0. The molecule has 29 heavy (non-hydrogen) atoms. The lowest BCUT2D eigenvalue weighted by molar-refractivity contribution is 0.209. The average molecular weight is 400 g/mol. The molecule has 0 spiro atoms. The SMILES string of the molecule is CCCOc1ccc(CCC2CCC(CCC3CCC(CCC)CC3)CC2)nc1. The van der Waals surface area contributed by atoms with Gasteiger partial charge in [-0.25, -0.2) is 0 Å². The molecule has 2 nitrogen and oxygen atoms in total. The lowest BCUT2D eigenvalue weighted by Gasteiger charge is -2.32. The van der Waals surface area contributed by atoms with E-state index < -0.39 is 0 Å². The number of aromatic nitrogens is 1. The highest BCUT2D eigenvalue weighted by atomic mass is 16.5. The van der Waals surface area contributed by atoms with Crippen molar-refractivity contribution in [2.75, 3.05) is 6.61 Å². The highest BCUT2D eigenvalue weighted by Crippen LogP contribution is 2.38. The fraction of sp³-hybridized carbons (Fsp3) is 0.815. The maximum atomic E-state index is 5.64. The van der Waals surface area contributed by atoms with Gasteiger partial charge in [0.05, 0.1) is 12.8 Å². The number of hydrogen-bond donors (Lipinski definition) is 0. The van der Waals surface area contributed by atoms with Gasteiger partial charge in [-0.2, -0.15) is 0 Å². The van der Waals surface area contributed by atoms with E-state index in [0.717, 1.165) is 48.9 Å². The lowest BCUT2D eigenvalue weighted by Crippen LogP contribution is -2.18. The lowest BCUT2D eigenvalue weighted by atomic mass is 9.74. The van der Waals surface area contributed by atoms with E-state index in [1.54, 1.807) is 0 Å². The van der Waals surface area contributed by atoms with Gasteiger partial charge >= 0.3 is 0 Å². The second-order valence-corrected chi connectivity index (χ2v) is 10.0. The molecule has 0 aliphatic heterocycles. The van der Waals surface area contributed by atoms with Crippen LogP contribution in [0.3, 0.4) is 0 Å². The normalized spacial score (nSPS) is 27.7. The van der Waals surface area contributed by atoms with E-state index in [9.17, 15) is 0 Å². The van der Waals surface area contributed by atoms with Crippen LogP contribution in [0.2, 0.25) is 0 Å². The van der Waals surface area contributed by atoms with Gasteiger partial charge in [-0.05, 0) is 55.1 Å². The number of pyridine rings is 1. The van der Waals surface area contributed by atoms with E-state index in [4.69, 9.17) is 4.74 Å². The Balaban J connectivity index is 1.27. The largest absolute Gasteiger partial charge is 0.492 e. The van der Waals surface area contributed by atoms with Crippen LogP contribution in [0.25, 0.3) is 0 Å². The number of hydrogen-bond acceptors (Lipinski definition) is 2. The molecule has 0 radical (unpaired) electrons. The van der Waals surface area contributed by atoms with Crippen LogP contribution in [0.1, 0.15) is 109 Å². The van der Waals surface area contributed by atoms with Crippen LogP contribution in [0.4, 0.5) is 0 Å². The van der Waals surface area contributed by atoms with Gasteiger partial charge in [-0.15, -0.1) is 0 Å². The molecule has 0 unspecified atom stereocenters. The standard InChI is InChI=1S/C27H45NO/c1-3-5-22-6-8-23(9-7-22)10-11-24-12-14-25(15-13-24)16-17-26-18-19-27(21-28-26)29-20-4-2/h18-19,21-25H,3-17,20H2,1-2H3. The number of rotatable bonds is 11. The van der Waals surface area contributed by atoms with Crippen molar-refractivity contribution in [3.63, 3.8) is 0 Å². The van der Waals surface area contributed by atoms with Crippen LogP contribution < -0.4 is 4.74 Å². The molecule has 2 aliphatic carbocycles. The third-order valence-corrected chi connectivity index (χ3v) is 7.69. The zero-order valence-corrected chi connectivity index (χ0v) is 19.2. The zero-order chi connectivity index (χ0) is 20.3. The van der Waals surface area contributed by atoms with E-state index in [2.05, 4.69) is 31.0 Å². The minimum absolute atomic E-state index is 0.782. The second kappa shape index (κ2) is 12.6. The molecule has 0 N–H and O–H groups in total.